The Hall–Kier alpha value is -3.53. The van der Waals surface area contributed by atoms with E-state index >= 15 is 0 Å². The number of carbonyl (C=O) groups excluding carboxylic acids is 1. The summed E-state index contributed by atoms with van der Waals surface area (Å²) < 4.78 is 35.7. The van der Waals surface area contributed by atoms with Crippen molar-refractivity contribution in [3.63, 3.8) is 0 Å². The highest BCUT2D eigenvalue weighted by molar-refractivity contribution is 9.10. The third-order valence-corrected chi connectivity index (χ3v) is 11.2. The van der Waals surface area contributed by atoms with Crippen molar-refractivity contribution in [1.82, 2.24) is 14.5 Å². The molecule has 3 aromatic heterocycles. The van der Waals surface area contributed by atoms with Gasteiger partial charge in [-0.2, -0.15) is 14.5 Å². The number of hydrogen-bond donors (Lipinski definition) is 2. The van der Waals surface area contributed by atoms with Gasteiger partial charge in [0.05, 0.1) is 59.2 Å². The summed E-state index contributed by atoms with van der Waals surface area (Å²) in [5.41, 5.74) is -1.54. The molecule has 3 heterocycles. The molecular formula is C29H17Br2Cl2N5O7S2. The number of amides is 1. The van der Waals surface area contributed by atoms with Crippen molar-refractivity contribution in [2.24, 2.45) is 7.05 Å². The maximum absolute atomic E-state index is 14.1. The number of fused-ring (bicyclic) bond motifs is 1. The minimum absolute atomic E-state index is 0.0367. The minimum atomic E-state index is -4.42. The Balaban J connectivity index is 1.56. The molecule has 0 aliphatic rings. The van der Waals surface area contributed by atoms with E-state index in [1.54, 1.807) is 18.2 Å². The molecule has 12 nitrogen and oxygen atoms in total. The number of carboxylic acid groups (broad SMARTS) is 1. The molecule has 0 aliphatic heterocycles. The SMILES string of the molecule is Cn1c(C(=O)Nc2ccc(C#N)cc2C(=O)O)cc2cccc(C(OOSc3cnc(Cl)c(Br)c3)S(=O)(=O)c3cnc(Cl)c(Br)c3)c21. The molecule has 0 aliphatic carbocycles. The highest BCUT2D eigenvalue weighted by Crippen LogP contribution is 2.39. The second-order valence-corrected chi connectivity index (χ2v) is 14.7. The molecule has 0 spiro atoms. The van der Waals surface area contributed by atoms with Crippen LogP contribution in [0.5, 0.6) is 0 Å². The van der Waals surface area contributed by atoms with Gasteiger partial charge in [-0.3, -0.25) is 4.79 Å². The molecular weight excluding hydrogens is 825 g/mol. The van der Waals surface area contributed by atoms with Gasteiger partial charge in [-0.1, -0.05) is 41.4 Å². The highest BCUT2D eigenvalue weighted by atomic mass is 79.9. The number of hydrogen-bond acceptors (Lipinski definition) is 10. The van der Waals surface area contributed by atoms with Crippen molar-refractivity contribution in [2.75, 3.05) is 5.32 Å². The number of nitrogens with zero attached hydrogens (tertiary/aromatic N) is 4. The van der Waals surface area contributed by atoms with Crippen molar-refractivity contribution in [2.45, 2.75) is 15.2 Å². The predicted octanol–water partition coefficient (Wildman–Crippen LogP) is 7.75. The lowest BCUT2D eigenvalue weighted by Crippen LogP contribution is -2.19. The molecule has 5 rings (SSSR count). The van der Waals surface area contributed by atoms with Crippen molar-refractivity contribution in [3.05, 3.63) is 109 Å². The number of aryl methyl sites for hydroxylation is 1. The molecule has 0 radical (unpaired) electrons. The van der Waals surface area contributed by atoms with Gasteiger partial charge in [0.2, 0.25) is 15.3 Å². The number of carboxylic acids is 1. The van der Waals surface area contributed by atoms with Crippen LogP contribution in [-0.4, -0.2) is 39.9 Å². The van der Waals surface area contributed by atoms with Crippen LogP contribution in [0, 0.1) is 11.3 Å². The van der Waals surface area contributed by atoms with Crippen LogP contribution in [-0.2, 0) is 26.1 Å². The van der Waals surface area contributed by atoms with Gasteiger partial charge in [0.1, 0.15) is 16.0 Å². The van der Waals surface area contributed by atoms with Crippen LogP contribution in [0.1, 0.15) is 37.4 Å². The Morgan fingerprint density at radius 2 is 1.77 bits per heavy atom. The number of nitriles is 1. The molecule has 1 atom stereocenters. The molecule has 1 amide bonds. The minimum Gasteiger partial charge on any atom is -0.478 e. The normalized spacial score (nSPS) is 12.1. The van der Waals surface area contributed by atoms with Crippen LogP contribution in [0.15, 0.2) is 85.7 Å². The largest absolute Gasteiger partial charge is 0.478 e. The summed E-state index contributed by atoms with van der Waals surface area (Å²) in [5, 5.41) is 22.1. The Kier molecular flexibility index (Phi) is 10.6. The van der Waals surface area contributed by atoms with Crippen molar-refractivity contribution in [3.8, 4) is 6.07 Å². The average molecular weight is 842 g/mol. The number of rotatable bonds is 10. The summed E-state index contributed by atoms with van der Waals surface area (Å²) in [6.07, 6.45) is 2.48. The number of pyridine rings is 2. The summed E-state index contributed by atoms with van der Waals surface area (Å²) in [6.45, 7) is 0. The molecule has 1 unspecified atom stereocenters. The van der Waals surface area contributed by atoms with E-state index in [-0.39, 0.29) is 47.7 Å². The average Bonchev–Trinajstić information content (AvgIpc) is 3.39. The van der Waals surface area contributed by atoms with Crippen LogP contribution in [0.3, 0.4) is 0 Å². The first-order valence-corrected chi connectivity index (χ1v) is 17.5. The zero-order chi connectivity index (χ0) is 34.0. The molecule has 5 aromatic rings. The van der Waals surface area contributed by atoms with Gasteiger partial charge in [-0.25, -0.2) is 23.2 Å². The van der Waals surface area contributed by atoms with Crippen molar-refractivity contribution in [1.29, 1.82) is 5.26 Å². The highest BCUT2D eigenvalue weighted by Gasteiger charge is 2.35. The molecule has 2 aromatic carbocycles. The number of sulfone groups is 1. The first-order chi connectivity index (χ1) is 22.3. The fraction of sp³-hybridized carbons (Fsp3) is 0.0690. The van der Waals surface area contributed by atoms with E-state index in [1.165, 1.54) is 48.1 Å². The van der Waals surface area contributed by atoms with E-state index < -0.39 is 27.1 Å². The Bertz CT molecular complexity index is 2230. The number of anilines is 1. The topological polar surface area (TPSA) is 174 Å². The zero-order valence-electron chi connectivity index (χ0n) is 23.4. The van der Waals surface area contributed by atoms with Gasteiger partial charge in [0.25, 0.3) is 5.91 Å². The predicted molar refractivity (Wildman–Crippen MR) is 181 cm³/mol. The van der Waals surface area contributed by atoms with Gasteiger partial charge < -0.3 is 15.0 Å². The Labute approximate surface area is 297 Å². The Morgan fingerprint density at radius 3 is 2.43 bits per heavy atom. The molecule has 0 fully saturated rings. The van der Waals surface area contributed by atoms with Crippen LogP contribution in [0.2, 0.25) is 10.3 Å². The second-order valence-electron chi connectivity index (χ2n) is 9.52. The van der Waals surface area contributed by atoms with E-state index in [0.29, 0.717) is 32.3 Å². The van der Waals surface area contributed by atoms with Crippen LogP contribution < -0.4 is 5.32 Å². The smallest absolute Gasteiger partial charge is 0.337 e. The second kappa shape index (κ2) is 14.3. The molecule has 0 saturated heterocycles. The van der Waals surface area contributed by atoms with E-state index in [4.69, 9.17) is 37.7 Å². The summed E-state index contributed by atoms with van der Waals surface area (Å²) in [4.78, 5) is 39.0. The summed E-state index contributed by atoms with van der Waals surface area (Å²) in [7, 11) is -2.88. The standard InChI is InChI=1S/C29H17Br2Cl2N5O7S2/c1-38-23(27(39)37-22-6-5-14(11-34)7-19(22)28(40)41)8-15-3-2-4-18(24(15)38)29(44-45-46-16-9-20(30)25(32)35-12-16)47(42,43)17-10-21(31)26(33)36-13-17/h2-10,12-13,29H,1H3,(H,37,39)(H,40,41). The van der Waals surface area contributed by atoms with E-state index in [0.717, 1.165) is 12.3 Å². The van der Waals surface area contributed by atoms with Gasteiger partial charge in [-0.15, -0.1) is 0 Å². The van der Waals surface area contributed by atoms with E-state index in [9.17, 15) is 23.1 Å². The summed E-state index contributed by atoms with van der Waals surface area (Å²) >= 11 is 19.1. The zero-order valence-corrected chi connectivity index (χ0v) is 29.8. The third-order valence-electron chi connectivity index (χ3n) is 6.61. The van der Waals surface area contributed by atoms with Gasteiger partial charge in [-0.05, 0) is 68.3 Å². The number of benzene rings is 2. The number of halogens is 4. The maximum Gasteiger partial charge on any atom is 0.337 e. The molecule has 2 N–H and O–H groups in total. The lowest BCUT2D eigenvalue weighted by molar-refractivity contribution is -0.207. The van der Waals surface area contributed by atoms with E-state index in [1.807, 2.05) is 6.07 Å². The van der Waals surface area contributed by atoms with Gasteiger partial charge in [0, 0.05) is 30.4 Å². The number of aromatic carboxylic acids is 1. The van der Waals surface area contributed by atoms with Gasteiger partial charge >= 0.3 is 5.97 Å². The lowest BCUT2D eigenvalue weighted by atomic mass is 10.1. The number of aromatic nitrogens is 3. The summed E-state index contributed by atoms with van der Waals surface area (Å²) in [5.74, 6) is -2.04. The Morgan fingerprint density at radius 1 is 1.06 bits per heavy atom. The third kappa shape index (κ3) is 7.32. The number of carbonyl (C=O) groups is 2. The number of nitrogens with one attached hydrogen (secondary N) is 1. The summed E-state index contributed by atoms with van der Waals surface area (Å²) in [6, 6.07) is 14.8. The molecule has 18 heteroatoms. The monoisotopic (exact) mass is 839 g/mol. The number of para-hydroxylation sites is 1. The molecule has 47 heavy (non-hydrogen) atoms. The molecule has 0 saturated carbocycles. The molecule has 240 valence electrons. The van der Waals surface area contributed by atoms with Crippen LogP contribution >= 0.6 is 67.1 Å². The van der Waals surface area contributed by atoms with Crippen molar-refractivity contribution < 1.29 is 32.3 Å². The fourth-order valence-corrected chi connectivity index (χ4v) is 7.55. The van der Waals surface area contributed by atoms with Crippen LogP contribution in [0.25, 0.3) is 10.9 Å². The first kappa shape index (κ1) is 34.8. The quantitative estimate of drug-likeness (QED) is 0.0609. The first-order valence-electron chi connectivity index (χ1n) is 12.8. The fourth-order valence-electron chi connectivity index (χ4n) is 4.44. The molecule has 0 bridgehead atoms. The van der Waals surface area contributed by atoms with Gasteiger partial charge in [0.15, 0.2) is 0 Å². The maximum atomic E-state index is 14.1. The van der Waals surface area contributed by atoms with Crippen molar-refractivity contribution >= 4 is 105 Å². The van der Waals surface area contributed by atoms with Crippen LogP contribution in [0.4, 0.5) is 5.69 Å². The lowest BCUT2D eigenvalue weighted by Gasteiger charge is -2.19. The van der Waals surface area contributed by atoms with E-state index in [2.05, 4.69) is 47.1 Å².